The van der Waals surface area contributed by atoms with Crippen LogP contribution in [0.3, 0.4) is 0 Å². The normalized spacial score (nSPS) is 21.4. The van der Waals surface area contributed by atoms with Gasteiger partial charge in [-0.25, -0.2) is 32.1 Å². The van der Waals surface area contributed by atoms with Gasteiger partial charge in [0.05, 0.1) is 30.3 Å². The van der Waals surface area contributed by atoms with Gasteiger partial charge in [-0.3, -0.25) is 9.69 Å². The summed E-state index contributed by atoms with van der Waals surface area (Å²) in [4.78, 5) is 50.7. The number of anilines is 1. The fourth-order valence-electron chi connectivity index (χ4n) is 4.87. The highest BCUT2D eigenvalue weighted by Gasteiger charge is 2.37. The Kier molecular flexibility index (Phi) is 9.45. The van der Waals surface area contributed by atoms with Gasteiger partial charge in [0.25, 0.3) is 0 Å². The molecule has 0 spiro atoms. The van der Waals surface area contributed by atoms with Crippen LogP contribution < -0.4 is 10.2 Å². The summed E-state index contributed by atoms with van der Waals surface area (Å²) < 4.78 is 58.3. The highest BCUT2D eigenvalue weighted by molar-refractivity contribution is 7.91. The van der Waals surface area contributed by atoms with Gasteiger partial charge in [0, 0.05) is 6.92 Å². The molecule has 1 aromatic carbocycles. The van der Waals surface area contributed by atoms with Gasteiger partial charge >= 0.3 is 18.3 Å². The van der Waals surface area contributed by atoms with E-state index in [1.807, 2.05) is 0 Å². The third kappa shape index (κ3) is 7.59. The lowest BCUT2D eigenvalue weighted by Crippen LogP contribution is -2.42. The number of hydrogen-bond acceptors (Lipinski definition) is 11. The van der Waals surface area contributed by atoms with E-state index in [1.165, 1.54) is 17.0 Å². The van der Waals surface area contributed by atoms with Crippen molar-refractivity contribution in [2.24, 2.45) is 0 Å². The lowest BCUT2D eigenvalue weighted by Gasteiger charge is -2.23. The molecule has 3 amide bonds. The van der Waals surface area contributed by atoms with Gasteiger partial charge < -0.3 is 24.3 Å². The van der Waals surface area contributed by atoms with E-state index in [2.05, 4.69) is 5.32 Å². The summed E-state index contributed by atoms with van der Waals surface area (Å²) in [6.45, 7) is 1.34. The maximum absolute atomic E-state index is 14.9. The highest BCUT2D eigenvalue weighted by Crippen LogP contribution is 2.33. The second-order valence-corrected chi connectivity index (χ2v) is 12.2. The molecular weight excluding hydrogens is 553 g/mol. The summed E-state index contributed by atoms with van der Waals surface area (Å²) in [5.74, 6) is -1.49. The summed E-state index contributed by atoms with van der Waals surface area (Å²) >= 11 is 0. The molecule has 13 nitrogen and oxygen atoms in total. The topological polar surface area (TPSA) is 158 Å². The minimum atomic E-state index is -3.09. The fourth-order valence-corrected chi connectivity index (χ4v) is 6.36. The Morgan fingerprint density at radius 3 is 2.48 bits per heavy atom. The van der Waals surface area contributed by atoms with E-state index in [1.54, 1.807) is 6.07 Å². The van der Waals surface area contributed by atoms with E-state index in [4.69, 9.17) is 18.9 Å². The van der Waals surface area contributed by atoms with Crippen LogP contribution in [0, 0.1) is 5.82 Å². The van der Waals surface area contributed by atoms with Crippen molar-refractivity contribution in [1.82, 2.24) is 10.2 Å². The zero-order valence-corrected chi connectivity index (χ0v) is 22.8. The van der Waals surface area contributed by atoms with Crippen LogP contribution in [0.4, 0.5) is 24.5 Å². The number of nitrogens with zero attached hydrogens (tertiary/aromatic N) is 2. The first kappa shape index (κ1) is 29.5. The zero-order chi connectivity index (χ0) is 28.9. The fraction of sp³-hybridized carbons (Fsp3) is 0.600. The Morgan fingerprint density at radius 2 is 1.82 bits per heavy atom. The molecule has 0 saturated carbocycles. The first-order chi connectivity index (χ1) is 19.0. The summed E-state index contributed by atoms with van der Waals surface area (Å²) in [6.07, 6.45) is -2.21. The molecular formula is C25H32FN3O10S. The predicted octanol–water partition coefficient (Wildman–Crippen LogP) is 2.29. The number of nitrogens with one attached hydrogen (secondary N) is 1. The van der Waals surface area contributed by atoms with Crippen molar-refractivity contribution >= 4 is 39.8 Å². The second kappa shape index (κ2) is 12.8. The molecule has 0 bridgehead atoms. The summed E-state index contributed by atoms with van der Waals surface area (Å²) in [7, 11) is -3.09. The van der Waals surface area contributed by atoms with Crippen LogP contribution in [-0.2, 0) is 33.6 Å². The number of halogens is 1. The minimum absolute atomic E-state index is 0.00264. The van der Waals surface area contributed by atoms with E-state index >= 15 is 0 Å². The largest absolute Gasteiger partial charge is 0.511 e. The van der Waals surface area contributed by atoms with E-state index < -0.39 is 52.8 Å². The maximum atomic E-state index is 14.9. The van der Waals surface area contributed by atoms with E-state index in [0.717, 1.165) is 6.92 Å². The Balaban J connectivity index is 1.28. The number of sulfone groups is 1. The number of piperidine rings is 1. The van der Waals surface area contributed by atoms with Crippen molar-refractivity contribution in [1.29, 1.82) is 0 Å². The molecule has 40 heavy (non-hydrogen) atoms. The number of amides is 3. The highest BCUT2D eigenvalue weighted by atomic mass is 32.2. The lowest BCUT2D eigenvalue weighted by molar-refractivity contribution is -0.129. The molecule has 3 saturated heterocycles. The molecule has 3 fully saturated rings. The minimum Gasteiger partial charge on any atom is -0.442 e. The first-order valence-corrected chi connectivity index (χ1v) is 14.8. The van der Waals surface area contributed by atoms with Crippen molar-refractivity contribution in [2.45, 2.75) is 50.7 Å². The summed E-state index contributed by atoms with van der Waals surface area (Å²) in [5.41, 5.74) is 0.602. The van der Waals surface area contributed by atoms with Crippen molar-refractivity contribution in [3.63, 3.8) is 0 Å². The Labute approximate surface area is 230 Å². The molecule has 1 N–H and O–H groups in total. The maximum Gasteiger partial charge on any atom is 0.511 e. The van der Waals surface area contributed by atoms with Gasteiger partial charge in [0.15, 0.2) is 0 Å². The number of carbonyl (C=O) groups is 4. The van der Waals surface area contributed by atoms with Crippen LogP contribution in [0.15, 0.2) is 18.2 Å². The molecule has 0 aliphatic carbocycles. The SMILES string of the molecule is CC(=O)N(C[C@H]1CN(c2ccc(C3CCS(=O)(=O)CC3)c(F)c2)C(=O)O1)C(=O)OCOC(=O)OC1CCNCC1. The van der Waals surface area contributed by atoms with Crippen molar-refractivity contribution in [3.8, 4) is 0 Å². The quantitative estimate of drug-likeness (QED) is 0.284. The standard InChI is InChI=1S/C25H32FN3O10S/c1-16(30)28(23(31)36-15-37-25(33)39-19-4-8-27-9-5-19)13-20-14-29(24(32)38-20)18-2-3-21(22(26)12-18)17-6-10-40(34,35)11-7-17/h2-3,12,17,19-20,27H,4-11,13-15H2,1H3/t20-/m0/s1. The third-order valence-corrected chi connectivity index (χ3v) is 8.77. The number of cyclic esters (lactones) is 1. The number of imide groups is 1. The molecule has 15 heteroatoms. The van der Waals surface area contributed by atoms with Gasteiger partial charge in [0.2, 0.25) is 12.7 Å². The van der Waals surface area contributed by atoms with Crippen molar-refractivity contribution in [2.75, 3.05) is 49.4 Å². The Bertz CT molecular complexity index is 1220. The molecule has 3 heterocycles. The number of carbonyl (C=O) groups excluding carboxylic acids is 4. The van der Waals surface area contributed by atoms with Gasteiger partial charge in [0.1, 0.15) is 27.9 Å². The molecule has 3 aliphatic rings. The van der Waals surface area contributed by atoms with Crippen LogP contribution in [0.5, 0.6) is 0 Å². The average Bonchev–Trinajstić information content (AvgIpc) is 3.28. The molecule has 4 rings (SSSR count). The molecule has 0 aromatic heterocycles. The number of benzene rings is 1. The van der Waals surface area contributed by atoms with Crippen LogP contribution in [-0.4, -0.2) is 94.3 Å². The summed E-state index contributed by atoms with van der Waals surface area (Å²) in [5, 5.41) is 3.13. The summed E-state index contributed by atoms with van der Waals surface area (Å²) in [6, 6.07) is 4.25. The van der Waals surface area contributed by atoms with E-state index in [0.29, 0.717) is 49.2 Å². The Hall–Kier alpha value is -3.46. The van der Waals surface area contributed by atoms with Crippen molar-refractivity contribution < 1.29 is 50.9 Å². The average molecular weight is 586 g/mol. The monoisotopic (exact) mass is 585 g/mol. The van der Waals surface area contributed by atoms with Crippen LogP contribution in [0.2, 0.25) is 0 Å². The first-order valence-electron chi connectivity index (χ1n) is 13.0. The molecule has 0 radical (unpaired) electrons. The lowest BCUT2D eigenvalue weighted by atomic mass is 9.93. The molecule has 3 aliphatic heterocycles. The van der Waals surface area contributed by atoms with Crippen LogP contribution >= 0.6 is 0 Å². The molecule has 0 unspecified atom stereocenters. The van der Waals surface area contributed by atoms with Gasteiger partial charge in [-0.1, -0.05) is 6.07 Å². The van der Waals surface area contributed by atoms with Crippen LogP contribution in [0.25, 0.3) is 0 Å². The van der Waals surface area contributed by atoms with Gasteiger partial charge in [-0.05, 0) is 62.4 Å². The van der Waals surface area contributed by atoms with E-state index in [-0.39, 0.29) is 42.3 Å². The molecule has 220 valence electrons. The molecule has 1 atom stereocenters. The van der Waals surface area contributed by atoms with E-state index in [9.17, 15) is 32.0 Å². The van der Waals surface area contributed by atoms with Gasteiger partial charge in [-0.2, -0.15) is 0 Å². The third-order valence-electron chi connectivity index (χ3n) is 7.06. The second-order valence-electron chi connectivity index (χ2n) is 9.87. The zero-order valence-electron chi connectivity index (χ0n) is 22.0. The predicted molar refractivity (Wildman–Crippen MR) is 137 cm³/mol. The molecule has 1 aromatic rings. The van der Waals surface area contributed by atoms with Crippen molar-refractivity contribution in [3.05, 3.63) is 29.6 Å². The number of ether oxygens (including phenoxy) is 4. The Morgan fingerprint density at radius 1 is 1.12 bits per heavy atom. The van der Waals surface area contributed by atoms with Crippen LogP contribution in [0.1, 0.15) is 44.1 Å². The number of hydrogen-bond donors (Lipinski definition) is 1. The smallest absolute Gasteiger partial charge is 0.442 e. The van der Waals surface area contributed by atoms with Gasteiger partial charge in [-0.15, -0.1) is 0 Å². The number of rotatable bonds is 7.